The SMILES string of the molecule is Cc1cc(NC(=O)C2CCS(=O)(=O)C2)ccc1N1CCCC1. The molecular weight excluding hydrogens is 300 g/mol. The lowest BCUT2D eigenvalue weighted by molar-refractivity contribution is -0.119. The molecule has 0 aliphatic carbocycles. The molecule has 1 N–H and O–H groups in total. The summed E-state index contributed by atoms with van der Waals surface area (Å²) in [6.45, 7) is 4.22. The Morgan fingerprint density at radius 3 is 2.59 bits per heavy atom. The van der Waals surface area contributed by atoms with Gasteiger partial charge in [0.25, 0.3) is 0 Å². The monoisotopic (exact) mass is 322 g/mol. The van der Waals surface area contributed by atoms with E-state index >= 15 is 0 Å². The number of carbonyl (C=O) groups is 1. The molecule has 1 amide bonds. The average molecular weight is 322 g/mol. The van der Waals surface area contributed by atoms with Crippen LogP contribution in [0.3, 0.4) is 0 Å². The third-order valence-corrected chi connectivity index (χ3v) is 6.28. The first-order chi connectivity index (χ1) is 10.4. The molecule has 1 unspecified atom stereocenters. The van der Waals surface area contributed by atoms with Crippen LogP contribution < -0.4 is 10.2 Å². The lowest BCUT2D eigenvalue weighted by Gasteiger charge is -2.21. The van der Waals surface area contributed by atoms with Crippen molar-refractivity contribution in [1.29, 1.82) is 0 Å². The summed E-state index contributed by atoms with van der Waals surface area (Å²) in [6, 6.07) is 5.92. The summed E-state index contributed by atoms with van der Waals surface area (Å²) >= 11 is 0. The fraction of sp³-hybridized carbons (Fsp3) is 0.562. The number of hydrogen-bond donors (Lipinski definition) is 1. The lowest BCUT2D eigenvalue weighted by Crippen LogP contribution is -2.24. The molecule has 1 aromatic rings. The average Bonchev–Trinajstić information content (AvgIpc) is 3.08. The number of rotatable bonds is 3. The Balaban J connectivity index is 1.68. The number of hydrogen-bond acceptors (Lipinski definition) is 4. The molecule has 2 fully saturated rings. The van der Waals surface area contributed by atoms with E-state index in [1.807, 2.05) is 25.1 Å². The van der Waals surface area contributed by atoms with Crippen molar-refractivity contribution < 1.29 is 13.2 Å². The van der Waals surface area contributed by atoms with E-state index in [1.54, 1.807) is 0 Å². The van der Waals surface area contributed by atoms with Crippen molar-refractivity contribution in [2.45, 2.75) is 26.2 Å². The van der Waals surface area contributed by atoms with Crippen molar-refractivity contribution >= 4 is 27.1 Å². The van der Waals surface area contributed by atoms with Gasteiger partial charge in [-0.2, -0.15) is 0 Å². The Hall–Kier alpha value is -1.56. The Labute approximate surface area is 131 Å². The van der Waals surface area contributed by atoms with Gasteiger partial charge in [-0.1, -0.05) is 0 Å². The summed E-state index contributed by atoms with van der Waals surface area (Å²) < 4.78 is 22.9. The second-order valence-corrected chi connectivity index (χ2v) is 8.51. The van der Waals surface area contributed by atoms with Crippen LogP contribution in [-0.2, 0) is 14.6 Å². The minimum Gasteiger partial charge on any atom is -0.371 e. The van der Waals surface area contributed by atoms with Crippen molar-refractivity contribution in [3.8, 4) is 0 Å². The highest BCUT2D eigenvalue weighted by molar-refractivity contribution is 7.91. The van der Waals surface area contributed by atoms with Crippen molar-refractivity contribution in [3.63, 3.8) is 0 Å². The molecule has 2 saturated heterocycles. The molecule has 120 valence electrons. The number of nitrogens with zero attached hydrogens (tertiary/aromatic N) is 1. The minimum absolute atomic E-state index is 0.0241. The summed E-state index contributed by atoms with van der Waals surface area (Å²) in [6.07, 6.45) is 2.89. The summed E-state index contributed by atoms with van der Waals surface area (Å²) in [5.74, 6) is -0.500. The largest absolute Gasteiger partial charge is 0.371 e. The number of sulfone groups is 1. The summed E-state index contributed by atoms with van der Waals surface area (Å²) in [5.41, 5.74) is 3.10. The van der Waals surface area contributed by atoms with Crippen molar-refractivity contribution in [3.05, 3.63) is 23.8 Å². The zero-order valence-electron chi connectivity index (χ0n) is 12.8. The molecule has 3 rings (SSSR count). The maximum atomic E-state index is 12.2. The van der Waals surface area contributed by atoms with Crippen LogP contribution in [0.15, 0.2) is 18.2 Å². The molecule has 6 heteroatoms. The quantitative estimate of drug-likeness (QED) is 0.924. The van der Waals surface area contributed by atoms with Gasteiger partial charge in [0.05, 0.1) is 17.4 Å². The van der Waals surface area contributed by atoms with Crippen LogP contribution in [0.2, 0.25) is 0 Å². The first kappa shape index (κ1) is 15.3. The molecule has 0 radical (unpaired) electrons. The number of aryl methyl sites for hydroxylation is 1. The van der Waals surface area contributed by atoms with Gasteiger partial charge in [-0.3, -0.25) is 4.79 Å². The highest BCUT2D eigenvalue weighted by atomic mass is 32.2. The summed E-state index contributed by atoms with van der Waals surface area (Å²) in [4.78, 5) is 14.5. The van der Waals surface area contributed by atoms with Crippen LogP contribution in [0, 0.1) is 12.8 Å². The minimum atomic E-state index is -3.03. The van der Waals surface area contributed by atoms with E-state index in [9.17, 15) is 13.2 Å². The normalized spacial score (nSPS) is 23.7. The van der Waals surface area contributed by atoms with Crippen LogP contribution in [0.25, 0.3) is 0 Å². The topological polar surface area (TPSA) is 66.5 Å². The predicted molar refractivity (Wildman–Crippen MR) is 88.0 cm³/mol. The molecule has 0 aromatic heterocycles. The van der Waals surface area contributed by atoms with Crippen LogP contribution >= 0.6 is 0 Å². The summed E-state index contributed by atoms with van der Waals surface area (Å²) in [5, 5.41) is 2.86. The van der Waals surface area contributed by atoms with Gasteiger partial charge in [-0.05, 0) is 49.9 Å². The number of amides is 1. The third kappa shape index (κ3) is 3.27. The van der Waals surface area contributed by atoms with Crippen molar-refractivity contribution in [2.75, 3.05) is 34.8 Å². The van der Waals surface area contributed by atoms with E-state index < -0.39 is 15.8 Å². The van der Waals surface area contributed by atoms with Crippen molar-refractivity contribution in [2.24, 2.45) is 5.92 Å². The Kier molecular flexibility index (Phi) is 4.12. The van der Waals surface area contributed by atoms with E-state index in [0.29, 0.717) is 6.42 Å². The Morgan fingerprint density at radius 2 is 2.00 bits per heavy atom. The molecule has 2 heterocycles. The maximum absolute atomic E-state index is 12.2. The molecular formula is C16H22N2O3S. The van der Waals surface area contributed by atoms with Gasteiger partial charge in [0, 0.05) is 24.5 Å². The van der Waals surface area contributed by atoms with Gasteiger partial charge < -0.3 is 10.2 Å². The molecule has 22 heavy (non-hydrogen) atoms. The van der Waals surface area contributed by atoms with Gasteiger partial charge in [-0.25, -0.2) is 8.42 Å². The van der Waals surface area contributed by atoms with Crippen LogP contribution in [0.5, 0.6) is 0 Å². The zero-order valence-corrected chi connectivity index (χ0v) is 13.7. The van der Waals surface area contributed by atoms with E-state index in [-0.39, 0.29) is 17.4 Å². The highest BCUT2D eigenvalue weighted by Crippen LogP contribution is 2.27. The number of carbonyl (C=O) groups excluding carboxylic acids is 1. The standard InChI is InChI=1S/C16H22N2O3S/c1-12-10-14(4-5-15(12)18-7-2-3-8-18)17-16(19)13-6-9-22(20,21)11-13/h4-5,10,13H,2-3,6-9,11H2,1H3,(H,17,19). The smallest absolute Gasteiger partial charge is 0.228 e. The number of anilines is 2. The third-order valence-electron chi connectivity index (χ3n) is 4.51. The summed E-state index contributed by atoms with van der Waals surface area (Å²) in [7, 11) is -3.03. The molecule has 1 atom stereocenters. The fourth-order valence-electron chi connectivity index (χ4n) is 3.29. The maximum Gasteiger partial charge on any atom is 0.228 e. The van der Waals surface area contributed by atoms with E-state index in [1.165, 1.54) is 18.5 Å². The van der Waals surface area contributed by atoms with E-state index in [4.69, 9.17) is 0 Å². The first-order valence-corrected chi connectivity index (χ1v) is 9.64. The van der Waals surface area contributed by atoms with E-state index in [2.05, 4.69) is 10.2 Å². The van der Waals surface area contributed by atoms with Gasteiger partial charge >= 0.3 is 0 Å². The van der Waals surface area contributed by atoms with E-state index in [0.717, 1.165) is 24.3 Å². The molecule has 0 spiro atoms. The molecule has 2 aliphatic heterocycles. The second kappa shape index (κ2) is 5.91. The molecule has 1 aromatic carbocycles. The van der Waals surface area contributed by atoms with Crippen LogP contribution in [-0.4, -0.2) is 38.9 Å². The lowest BCUT2D eigenvalue weighted by atomic mass is 10.1. The fourth-order valence-corrected chi connectivity index (χ4v) is 5.03. The molecule has 5 nitrogen and oxygen atoms in total. The van der Waals surface area contributed by atoms with Crippen LogP contribution in [0.4, 0.5) is 11.4 Å². The Morgan fingerprint density at radius 1 is 1.27 bits per heavy atom. The second-order valence-electron chi connectivity index (χ2n) is 6.28. The predicted octanol–water partition coefficient (Wildman–Crippen LogP) is 1.97. The van der Waals surface area contributed by atoms with Crippen LogP contribution in [0.1, 0.15) is 24.8 Å². The van der Waals surface area contributed by atoms with Gasteiger partial charge in [0.15, 0.2) is 9.84 Å². The van der Waals surface area contributed by atoms with Gasteiger partial charge in [-0.15, -0.1) is 0 Å². The number of benzene rings is 1. The first-order valence-electron chi connectivity index (χ1n) is 7.81. The van der Waals surface area contributed by atoms with Gasteiger partial charge in [0.1, 0.15) is 0 Å². The highest BCUT2D eigenvalue weighted by Gasteiger charge is 2.33. The zero-order chi connectivity index (χ0) is 15.7. The van der Waals surface area contributed by atoms with Crippen molar-refractivity contribution in [1.82, 2.24) is 0 Å². The molecule has 0 saturated carbocycles. The Bertz CT molecular complexity index is 679. The van der Waals surface area contributed by atoms with Gasteiger partial charge in [0.2, 0.25) is 5.91 Å². The molecule has 2 aliphatic rings. The molecule has 0 bridgehead atoms. The number of nitrogens with one attached hydrogen (secondary N) is 1.